The highest BCUT2D eigenvalue weighted by Crippen LogP contribution is 2.39. The summed E-state index contributed by atoms with van der Waals surface area (Å²) in [6, 6.07) is 22.4. The molecule has 5 aromatic rings. The van der Waals surface area contributed by atoms with Crippen LogP contribution in [0.25, 0.3) is 0 Å². The molecule has 92 heavy (non-hydrogen) atoms. The third kappa shape index (κ3) is 24.1. The third-order valence-corrected chi connectivity index (χ3v) is 16.0. The van der Waals surface area contributed by atoms with E-state index in [2.05, 4.69) is 26.4 Å². The maximum absolute atomic E-state index is 13.3. The molecule has 0 aromatic heterocycles. The lowest BCUT2D eigenvalue weighted by molar-refractivity contribution is -0.418. The van der Waals surface area contributed by atoms with E-state index in [1.165, 1.54) is 51.7 Å². The normalized spacial score (nSPS) is 13.6. The van der Waals surface area contributed by atoms with Crippen LogP contribution in [0.4, 0.5) is 11.4 Å². The van der Waals surface area contributed by atoms with Gasteiger partial charge in [-0.2, -0.15) is 0 Å². The number of sulfone groups is 3. The highest BCUT2D eigenvalue weighted by atomic mass is 32.2. The SMILES string of the molecule is CC(=O)Nc1cccc2c1C(=O)OC2=O.CC(C)CC(NC=O)C(=O)[O-].CCOc1cc(C(CS(C)(=O)=O)N2C(=O)c3cccc(NC(C)=O)c3C2=O)ccc1OC.CCOc1cc(C([NH3+])CS(C)(=O)=O)ccc1C.CCOc1cc([C@H](N)CS(C)(=O)=O)ccc1C. The molecule has 7 rings (SSSR count). The number of methoxy groups -OCH3 is 1. The van der Waals surface area contributed by atoms with E-state index in [1.54, 1.807) is 43.3 Å². The summed E-state index contributed by atoms with van der Waals surface area (Å²) in [5.41, 5.74) is 14.8. The van der Waals surface area contributed by atoms with Crippen molar-refractivity contribution in [3.05, 3.63) is 141 Å². The number of benzene rings is 5. The summed E-state index contributed by atoms with van der Waals surface area (Å²) in [5, 5.41) is 17.5. The predicted molar refractivity (Wildman–Crippen MR) is 342 cm³/mol. The Morgan fingerprint density at radius 1 is 0.630 bits per heavy atom. The molecule has 0 saturated heterocycles. The highest BCUT2D eigenvalue weighted by Gasteiger charge is 2.43. The van der Waals surface area contributed by atoms with Crippen LogP contribution in [0, 0.1) is 19.8 Å². The Bertz CT molecular complexity index is 3750. The first-order valence-electron chi connectivity index (χ1n) is 28.7. The maximum Gasteiger partial charge on any atom is 0.349 e. The molecule has 8 N–H and O–H groups in total. The Morgan fingerprint density at radius 3 is 1.57 bits per heavy atom. The molecule has 2 heterocycles. The first-order chi connectivity index (χ1) is 42.9. The molecule has 0 bridgehead atoms. The number of amides is 5. The number of carboxylic acids is 1. The predicted octanol–water partition coefficient (Wildman–Crippen LogP) is 4.45. The number of nitrogens with zero attached hydrogens (tertiary/aromatic N) is 1. The largest absolute Gasteiger partial charge is 0.548 e. The molecule has 0 saturated carbocycles. The minimum absolute atomic E-state index is 0.0322. The molecule has 26 nitrogen and oxygen atoms in total. The number of carbonyl (C=O) groups excluding carboxylic acids is 8. The minimum Gasteiger partial charge on any atom is -0.548 e. The van der Waals surface area contributed by atoms with Gasteiger partial charge in [0, 0.05) is 44.2 Å². The van der Waals surface area contributed by atoms with Gasteiger partial charge in [-0.05, 0) is 118 Å². The molecule has 0 radical (unpaired) electrons. The monoisotopic (exact) mass is 1340 g/mol. The summed E-state index contributed by atoms with van der Waals surface area (Å²) >= 11 is 0. The molecule has 5 aromatic carbocycles. The van der Waals surface area contributed by atoms with Gasteiger partial charge in [0.05, 0.1) is 90.1 Å². The van der Waals surface area contributed by atoms with Crippen LogP contribution in [0.5, 0.6) is 23.0 Å². The highest BCUT2D eigenvalue weighted by molar-refractivity contribution is 7.91. The number of fused-ring (bicyclic) bond motifs is 2. The van der Waals surface area contributed by atoms with Crippen LogP contribution in [-0.2, 0) is 53.4 Å². The lowest BCUT2D eigenvalue weighted by atomic mass is 10.0. The fourth-order valence-electron chi connectivity index (χ4n) is 9.09. The number of cyclic esters (lactones) is 2. The Labute approximate surface area is 536 Å². The standard InChI is InChI=1S/C22H24N2O7S.2C12H19NO3S.C10H7NO4.C7H13NO3/c1-5-31-19-11-14(9-10-18(19)30-3)17(12-32(4,28)29)24-21(26)15-7-6-8-16(23-13(2)25)20(15)22(24)27;2*1-4-16-12-7-10(6-5-9(12)2)11(13)8-17(3,14)15;1-5(12)11-7-4-2-3-6-8(7)10(14)15-9(6)13;1-5(2)3-6(7(10)11)8-4-9/h6-11,17H,5,12H2,1-4H3,(H,23,25);2*5-7,11H,4,8,13H2,1-3H3;2-4H,1H3,(H,11,12);4-6H,3H2,1-2H3,(H,8,9)(H,10,11)/t;11-;;;/m.1.../s1. The van der Waals surface area contributed by atoms with Crippen molar-refractivity contribution < 1.29 is 98.1 Å². The number of hydrogen-bond donors (Lipinski definition) is 5. The van der Waals surface area contributed by atoms with Gasteiger partial charge in [-0.25, -0.2) is 34.8 Å². The van der Waals surface area contributed by atoms with E-state index in [0.717, 1.165) is 44.9 Å². The van der Waals surface area contributed by atoms with Gasteiger partial charge in [0.2, 0.25) is 18.2 Å². The number of esters is 2. The zero-order valence-corrected chi connectivity index (χ0v) is 56.1. The molecule has 29 heteroatoms. The van der Waals surface area contributed by atoms with E-state index in [4.69, 9.17) is 24.7 Å². The number of carboxylic acid groups (broad SMARTS) is 1. The van der Waals surface area contributed by atoms with Crippen LogP contribution in [0.15, 0.2) is 91.0 Å². The summed E-state index contributed by atoms with van der Waals surface area (Å²) < 4.78 is 95.5. The average Bonchev–Trinajstić information content (AvgIpc) is 1.60. The fraction of sp³-hybridized carbons (Fsp3) is 0.397. The second-order valence-electron chi connectivity index (χ2n) is 21.6. The minimum atomic E-state index is -3.60. The number of anilines is 2. The van der Waals surface area contributed by atoms with Crippen molar-refractivity contribution in [3.63, 3.8) is 0 Å². The summed E-state index contributed by atoms with van der Waals surface area (Å²) in [6.07, 6.45) is 4.23. The number of aryl methyl sites for hydroxylation is 2. The zero-order chi connectivity index (χ0) is 69.6. The van der Waals surface area contributed by atoms with Crippen LogP contribution in [0.3, 0.4) is 0 Å². The van der Waals surface area contributed by atoms with Crippen LogP contribution in [0.2, 0.25) is 0 Å². The molecule has 0 spiro atoms. The van der Waals surface area contributed by atoms with E-state index < -0.39 is 89.0 Å². The Morgan fingerprint density at radius 2 is 1.10 bits per heavy atom. The number of nitrogens with two attached hydrogens (primary N) is 1. The summed E-state index contributed by atoms with van der Waals surface area (Å²) in [7, 11) is -8.21. The van der Waals surface area contributed by atoms with E-state index in [1.807, 2.05) is 77.9 Å². The van der Waals surface area contributed by atoms with Gasteiger partial charge in [0.25, 0.3) is 11.8 Å². The van der Waals surface area contributed by atoms with Gasteiger partial charge in [-0.3, -0.25) is 28.9 Å². The first-order valence-corrected chi connectivity index (χ1v) is 34.8. The van der Waals surface area contributed by atoms with E-state index in [0.29, 0.717) is 55.4 Å². The number of quaternary nitrogens is 1. The van der Waals surface area contributed by atoms with Gasteiger partial charge < -0.3 is 61.0 Å². The lowest BCUT2D eigenvalue weighted by Crippen LogP contribution is -2.56. The van der Waals surface area contributed by atoms with Crippen molar-refractivity contribution >= 4 is 88.8 Å². The zero-order valence-electron chi connectivity index (χ0n) is 53.7. The van der Waals surface area contributed by atoms with Gasteiger partial charge in [-0.1, -0.05) is 56.3 Å². The topological polar surface area (TPSA) is 401 Å². The Kier molecular flexibility index (Phi) is 29.6. The van der Waals surface area contributed by atoms with Crippen molar-refractivity contribution in [2.24, 2.45) is 11.7 Å². The van der Waals surface area contributed by atoms with E-state index in [-0.39, 0.29) is 57.3 Å². The smallest absolute Gasteiger partial charge is 0.349 e. The molecule has 4 atom stereocenters. The van der Waals surface area contributed by atoms with Gasteiger partial charge in [0.1, 0.15) is 43.0 Å². The molecule has 502 valence electrons. The molecule has 0 aliphatic carbocycles. The lowest BCUT2D eigenvalue weighted by Gasteiger charge is -2.27. The second-order valence-corrected chi connectivity index (χ2v) is 28.2. The van der Waals surface area contributed by atoms with Crippen molar-refractivity contribution in [3.8, 4) is 23.0 Å². The van der Waals surface area contributed by atoms with Crippen LogP contribution in [0.1, 0.15) is 142 Å². The van der Waals surface area contributed by atoms with Gasteiger partial charge >= 0.3 is 11.9 Å². The number of hydrogen-bond acceptors (Lipinski definition) is 21. The van der Waals surface area contributed by atoms with Crippen LogP contribution < -0.4 is 51.5 Å². The molecule has 2 aliphatic rings. The molecular weight excluding hydrogens is 1260 g/mol. The van der Waals surface area contributed by atoms with Crippen molar-refractivity contribution in [2.75, 3.05) is 73.6 Å². The van der Waals surface area contributed by atoms with Crippen molar-refractivity contribution in [1.29, 1.82) is 0 Å². The van der Waals surface area contributed by atoms with Gasteiger partial charge in [0.15, 0.2) is 21.3 Å². The number of carbonyl (C=O) groups is 8. The first kappa shape index (κ1) is 77.5. The quantitative estimate of drug-likeness (QED) is 0.0246. The molecule has 2 aliphatic heterocycles. The Balaban J connectivity index is 0.000000318. The number of rotatable bonds is 24. The summed E-state index contributed by atoms with van der Waals surface area (Å²) in [4.78, 5) is 92.5. The number of aliphatic carboxylic acids is 1. The molecule has 5 amide bonds. The number of imide groups is 1. The average molecular weight is 1340 g/mol. The van der Waals surface area contributed by atoms with E-state index in [9.17, 15) is 68.7 Å². The summed E-state index contributed by atoms with van der Waals surface area (Å²) in [6.45, 7) is 17.4. The van der Waals surface area contributed by atoms with Crippen molar-refractivity contribution in [1.82, 2.24) is 10.2 Å². The molecule has 0 fully saturated rings. The van der Waals surface area contributed by atoms with Gasteiger partial charge in [-0.15, -0.1) is 0 Å². The number of nitrogens with one attached hydrogen (secondary N) is 3. The van der Waals surface area contributed by atoms with Crippen LogP contribution in [-0.4, -0.2) is 147 Å². The van der Waals surface area contributed by atoms with E-state index >= 15 is 0 Å². The molecular formula is C63H82N6O20S3. The van der Waals surface area contributed by atoms with Crippen molar-refractivity contribution in [2.45, 2.75) is 92.9 Å². The number of ether oxygens (including phenoxy) is 5. The third-order valence-electron chi connectivity index (χ3n) is 13.1. The van der Waals surface area contributed by atoms with Crippen LogP contribution >= 0.6 is 0 Å². The summed E-state index contributed by atoms with van der Waals surface area (Å²) in [5.74, 6) is -2.56. The second kappa shape index (κ2) is 35.2. The fourth-order valence-corrected chi connectivity index (χ4v) is 11.8. The Hall–Kier alpha value is -8.77. The molecule has 3 unspecified atom stereocenters. The maximum atomic E-state index is 13.3.